The normalized spacial score (nSPS) is 21.1. The second kappa shape index (κ2) is 7.10. The molecule has 3 aliphatic rings. The average molecular weight is 406 g/mol. The number of H-pyrrole nitrogens is 1. The van der Waals surface area contributed by atoms with Gasteiger partial charge in [-0.2, -0.15) is 5.26 Å². The summed E-state index contributed by atoms with van der Waals surface area (Å²) in [5.41, 5.74) is 1.80. The number of carbonyl (C=O) groups is 1. The summed E-state index contributed by atoms with van der Waals surface area (Å²) < 4.78 is 0. The van der Waals surface area contributed by atoms with E-state index >= 15 is 0 Å². The third kappa shape index (κ3) is 3.23. The summed E-state index contributed by atoms with van der Waals surface area (Å²) in [5, 5.41) is 10.4. The van der Waals surface area contributed by atoms with Crippen molar-refractivity contribution in [2.24, 2.45) is 5.41 Å². The summed E-state index contributed by atoms with van der Waals surface area (Å²) in [4.78, 5) is 38.9. The van der Waals surface area contributed by atoms with Gasteiger partial charge in [-0.3, -0.25) is 9.59 Å². The molecule has 156 valence electrons. The van der Waals surface area contributed by atoms with Gasteiger partial charge in [-0.05, 0) is 44.2 Å². The Hall–Kier alpha value is -2.92. The molecule has 3 fully saturated rings. The highest BCUT2D eigenvalue weighted by Gasteiger charge is 2.44. The van der Waals surface area contributed by atoms with Gasteiger partial charge in [0.1, 0.15) is 17.3 Å². The zero-order valence-corrected chi connectivity index (χ0v) is 17.3. The summed E-state index contributed by atoms with van der Waals surface area (Å²) in [7, 11) is 2.05. The molecule has 1 spiro atoms. The van der Waals surface area contributed by atoms with Gasteiger partial charge in [0.25, 0.3) is 11.5 Å². The highest BCUT2D eigenvalue weighted by Crippen LogP contribution is 2.54. The minimum atomic E-state index is -0.397. The molecule has 2 saturated heterocycles. The first-order valence-electron chi connectivity index (χ1n) is 10.7. The van der Waals surface area contributed by atoms with Crippen LogP contribution in [-0.4, -0.2) is 72.0 Å². The summed E-state index contributed by atoms with van der Waals surface area (Å²) >= 11 is 0. The largest absolute Gasteiger partial charge is 0.370 e. The van der Waals surface area contributed by atoms with Crippen molar-refractivity contribution in [1.29, 1.82) is 5.26 Å². The lowest BCUT2D eigenvalue weighted by Crippen LogP contribution is -2.47. The molecule has 0 atom stereocenters. The van der Waals surface area contributed by atoms with Crippen LogP contribution in [-0.2, 0) is 0 Å². The molecule has 4 heterocycles. The van der Waals surface area contributed by atoms with Gasteiger partial charge in [0, 0.05) is 44.7 Å². The van der Waals surface area contributed by atoms with Crippen molar-refractivity contribution in [3.8, 4) is 6.07 Å². The summed E-state index contributed by atoms with van der Waals surface area (Å²) in [6, 6.07) is 3.85. The van der Waals surface area contributed by atoms with E-state index in [0.717, 1.165) is 44.4 Å². The molecular weight excluding hydrogens is 380 g/mol. The summed E-state index contributed by atoms with van der Waals surface area (Å²) in [6.45, 7) is 4.68. The Bertz CT molecular complexity index is 1100. The molecule has 2 aromatic heterocycles. The Labute approximate surface area is 175 Å². The number of hydrogen-bond acceptors (Lipinski definition) is 6. The molecule has 0 unspecified atom stereocenters. The monoisotopic (exact) mass is 406 g/mol. The number of hydrogen-bond donors (Lipinski definition) is 1. The molecule has 30 heavy (non-hydrogen) atoms. The minimum absolute atomic E-state index is 0.101. The first-order chi connectivity index (χ1) is 14.5. The van der Waals surface area contributed by atoms with E-state index in [1.807, 2.05) is 11.9 Å². The number of aromatic nitrogens is 2. The van der Waals surface area contributed by atoms with Crippen LogP contribution in [0.4, 0.5) is 5.69 Å². The van der Waals surface area contributed by atoms with Crippen LogP contribution in [0.15, 0.2) is 17.1 Å². The number of nitrogens with zero attached hydrogens (tertiary/aromatic N) is 5. The third-order valence-corrected chi connectivity index (χ3v) is 7.09. The summed E-state index contributed by atoms with van der Waals surface area (Å²) in [5.74, 6) is -0.101. The van der Waals surface area contributed by atoms with Gasteiger partial charge in [-0.15, -0.1) is 0 Å². The Morgan fingerprint density at radius 3 is 2.47 bits per heavy atom. The topological polar surface area (TPSA) is 96.3 Å². The molecular formula is C22H26N6O2. The molecule has 1 N–H and O–H groups in total. The van der Waals surface area contributed by atoms with E-state index in [1.165, 1.54) is 12.8 Å². The molecule has 8 nitrogen and oxygen atoms in total. The molecule has 0 bridgehead atoms. The molecule has 2 aliphatic heterocycles. The van der Waals surface area contributed by atoms with Crippen LogP contribution in [0.1, 0.15) is 41.7 Å². The molecule has 1 aliphatic carbocycles. The lowest BCUT2D eigenvalue weighted by molar-refractivity contribution is 0.0658. The number of anilines is 1. The van der Waals surface area contributed by atoms with Crippen LogP contribution in [0.25, 0.3) is 10.9 Å². The molecule has 1 amide bonds. The van der Waals surface area contributed by atoms with Gasteiger partial charge in [0.05, 0.1) is 17.4 Å². The number of pyridine rings is 2. The van der Waals surface area contributed by atoms with Crippen molar-refractivity contribution in [3.05, 3.63) is 33.9 Å². The predicted octanol–water partition coefficient (Wildman–Crippen LogP) is 1.56. The standard InChI is InChI=1S/C22H26N6O2/c1-26-8-10-28(11-9-26)21(30)17-12-15-18(14-24-17)25-20(29)16(13-23)19(15)27-6-4-22(2-3-22)5-7-27/h12,14H,2-11H2,1H3,(H,25,29). The predicted molar refractivity (Wildman–Crippen MR) is 114 cm³/mol. The van der Waals surface area contributed by atoms with E-state index in [9.17, 15) is 14.9 Å². The SMILES string of the molecule is CN1CCN(C(=O)c2cc3c(N4CCC5(CC4)CC5)c(C#N)c(=O)[nH]c3cn2)CC1. The van der Waals surface area contributed by atoms with Crippen molar-refractivity contribution >= 4 is 22.5 Å². The van der Waals surface area contributed by atoms with Crippen molar-refractivity contribution in [2.75, 3.05) is 51.2 Å². The first kappa shape index (κ1) is 19.1. The van der Waals surface area contributed by atoms with Gasteiger partial charge in [0.15, 0.2) is 0 Å². The Kier molecular flexibility index (Phi) is 4.51. The maximum absolute atomic E-state index is 13.0. The van der Waals surface area contributed by atoms with Crippen LogP contribution >= 0.6 is 0 Å². The van der Waals surface area contributed by atoms with Crippen LogP contribution < -0.4 is 10.5 Å². The first-order valence-corrected chi connectivity index (χ1v) is 10.7. The van der Waals surface area contributed by atoms with Gasteiger partial charge in [0.2, 0.25) is 0 Å². The van der Waals surface area contributed by atoms with Gasteiger partial charge < -0.3 is 19.7 Å². The minimum Gasteiger partial charge on any atom is -0.370 e. The Balaban J connectivity index is 1.55. The Morgan fingerprint density at radius 2 is 1.83 bits per heavy atom. The van der Waals surface area contributed by atoms with E-state index in [-0.39, 0.29) is 11.5 Å². The number of piperidine rings is 1. The number of rotatable bonds is 2. The molecule has 5 rings (SSSR count). The lowest BCUT2D eigenvalue weighted by Gasteiger charge is -2.35. The van der Waals surface area contributed by atoms with Crippen molar-refractivity contribution in [2.45, 2.75) is 25.7 Å². The maximum atomic E-state index is 13.0. The van der Waals surface area contributed by atoms with Crippen molar-refractivity contribution in [1.82, 2.24) is 19.8 Å². The lowest BCUT2D eigenvalue weighted by atomic mass is 9.92. The van der Waals surface area contributed by atoms with Crippen molar-refractivity contribution < 1.29 is 4.79 Å². The van der Waals surface area contributed by atoms with Gasteiger partial charge in [-0.1, -0.05) is 0 Å². The summed E-state index contributed by atoms with van der Waals surface area (Å²) in [6.07, 6.45) is 6.30. The smallest absolute Gasteiger partial charge is 0.272 e. The highest BCUT2D eigenvalue weighted by molar-refractivity contribution is 6.00. The second-order valence-electron chi connectivity index (χ2n) is 8.99. The van der Waals surface area contributed by atoms with E-state index < -0.39 is 5.56 Å². The number of fused-ring (bicyclic) bond motifs is 1. The fraction of sp³-hybridized carbons (Fsp3) is 0.545. The fourth-order valence-electron chi connectivity index (χ4n) is 4.78. The molecule has 2 aromatic rings. The van der Waals surface area contributed by atoms with Crippen molar-refractivity contribution in [3.63, 3.8) is 0 Å². The number of amides is 1. The second-order valence-corrected chi connectivity index (χ2v) is 8.99. The highest BCUT2D eigenvalue weighted by atomic mass is 16.2. The van der Waals surface area contributed by atoms with Gasteiger partial charge >= 0.3 is 0 Å². The van der Waals surface area contributed by atoms with E-state index in [2.05, 4.69) is 25.8 Å². The van der Waals surface area contributed by atoms with Crippen LogP contribution in [0.2, 0.25) is 0 Å². The van der Waals surface area contributed by atoms with E-state index in [1.54, 1.807) is 12.3 Å². The van der Waals surface area contributed by atoms with Crippen LogP contribution in [0, 0.1) is 16.7 Å². The van der Waals surface area contributed by atoms with E-state index in [0.29, 0.717) is 35.4 Å². The maximum Gasteiger partial charge on any atom is 0.272 e. The number of likely N-dealkylation sites (N-methyl/N-ethyl adjacent to an activating group) is 1. The zero-order valence-electron chi connectivity index (χ0n) is 17.3. The van der Waals surface area contributed by atoms with E-state index in [4.69, 9.17) is 0 Å². The number of piperazine rings is 1. The molecule has 0 radical (unpaired) electrons. The number of nitriles is 1. The van der Waals surface area contributed by atoms with Crippen LogP contribution in [0.5, 0.6) is 0 Å². The zero-order chi connectivity index (χ0) is 20.9. The number of nitrogens with one attached hydrogen (secondary N) is 1. The van der Waals surface area contributed by atoms with Crippen LogP contribution in [0.3, 0.4) is 0 Å². The molecule has 1 saturated carbocycles. The number of carbonyl (C=O) groups excluding carboxylic acids is 1. The quantitative estimate of drug-likeness (QED) is 0.813. The number of aromatic amines is 1. The average Bonchev–Trinajstić information content (AvgIpc) is 3.52. The molecule has 0 aromatic carbocycles. The molecule has 8 heteroatoms. The third-order valence-electron chi connectivity index (χ3n) is 7.09. The Morgan fingerprint density at radius 1 is 1.13 bits per heavy atom. The fourth-order valence-corrected chi connectivity index (χ4v) is 4.78. The van der Waals surface area contributed by atoms with Gasteiger partial charge in [-0.25, -0.2) is 4.98 Å².